The Balaban J connectivity index is 1.13. The lowest BCUT2D eigenvalue weighted by Crippen LogP contribution is -2.26. The second-order valence-corrected chi connectivity index (χ2v) is 10.5. The van der Waals surface area contributed by atoms with Gasteiger partial charge in [-0.25, -0.2) is 18.7 Å². The first-order chi connectivity index (χ1) is 18.0. The summed E-state index contributed by atoms with van der Waals surface area (Å²) in [5.41, 5.74) is 7.91. The molecule has 194 valence electrons. The van der Waals surface area contributed by atoms with Crippen LogP contribution in [0.25, 0.3) is 11.0 Å². The number of hydrogen-bond donors (Lipinski definition) is 2. The molecule has 0 aliphatic carbocycles. The Morgan fingerprint density at radius 3 is 2.76 bits per heavy atom. The quantitative estimate of drug-likeness (QED) is 0.479. The molecular weight excluding hydrogens is 474 g/mol. The molecule has 2 aromatic heterocycles. The van der Waals surface area contributed by atoms with Gasteiger partial charge in [-0.2, -0.15) is 0 Å². The molecule has 0 spiro atoms. The summed E-state index contributed by atoms with van der Waals surface area (Å²) in [7, 11) is 2.20. The number of nitrogens with one attached hydrogen (secondary N) is 1. The number of pyridine rings is 1. The van der Waals surface area contributed by atoms with Crippen molar-refractivity contribution in [2.24, 2.45) is 22.6 Å². The Labute approximate surface area is 214 Å². The average molecular weight is 507 g/mol. The number of aryl methyl sites for hydroxylation is 2. The van der Waals surface area contributed by atoms with E-state index in [-0.39, 0.29) is 12.4 Å². The van der Waals surface area contributed by atoms with E-state index in [1.165, 1.54) is 19.2 Å². The predicted molar refractivity (Wildman–Crippen MR) is 140 cm³/mol. The van der Waals surface area contributed by atoms with Gasteiger partial charge in [-0.15, -0.1) is 0 Å². The van der Waals surface area contributed by atoms with E-state index in [4.69, 9.17) is 5.73 Å². The third kappa shape index (κ3) is 4.71. The second-order valence-electron chi connectivity index (χ2n) is 10.5. The van der Waals surface area contributed by atoms with Crippen molar-refractivity contribution in [2.45, 2.75) is 25.9 Å². The van der Waals surface area contributed by atoms with E-state index in [0.717, 1.165) is 68.4 Å². The fraction of sp³-hybridized carbons (Fsp3) is 0.444. The number of hydrogen-bond acceptors (Lipinski definition) is 7. The average Bonchev–Trinajstić information content (AvgIpc) is 3.64. The standard InChI is InChI=1S/C27H32F2N8/c1-35-12-19-14-36(15-20(19)13-35)11-17-4-5-24(31-10-17)32-16-33-26(22(29)9-30)18-7-21(28)27-23(8-18)37-6-2-3-25(37)34-27/h4-5,7-10,19-20H,2-3,6,11-16,30H2,1H3,(H,31,32)/b22-9+,33-26?. The van der Waals surface area contributed by atoms with Crippen LogP contribution in [0.5, 0.6) is 0 Å². The van der Waals surface area contributed by atoms with Gasteiger partial charge in [0.1, 0.15) is 29.5 Å². The molecule has 2 fully saturated rings. The van der Waals surface area contributed by atoms with Crippen LogP contribution in [0.3, 0.4) is 0 Å². The lowest BCUT2D eigenvalue weighted by Gasteiger charge is -2.19. The normalized spacial score (nSPS) is 22.7. The second kappa shape index (κ2) is 9.83. The fourth-order valence-electron chi connectivity index (χ4n) is 6.12. The SMILES string of the molecule is CN1CC2CN(Cc3ccc(NCN=C(/C(F)=C\N)c4cc(F)c5nc6n(c5c4)CCC6)nc3)CC2C1. The maximum atomic E-state index is 14.8. The van der Waals surface area contributed by atoms with Crippen LogP contribution in [-0.2, 0) is 19.5 Å². The van der Waals surface area contributed by atoms with Crippen molar-refractivity contribution >= 4 is 22.6 Å². The van der Waals surface area contributed by atoms with Gasteiger partial charge in [0.2, 0.25) is 0 Å². The molecule has 2 unspecified atom stereocenters. The summed E-state index contributed by atoms with van der Waals surface area (Å²) < 4.78 is 31.5. The highest BCUT2D eigenvalue weighted by Crippen LogP contribution is 2.31. The topological polar surface area (TPSA) is 87.6 Å². The number of aromatic nitrogens is 3. The van der Waals surface area contributed by atoms with Crippen molar-refractivity contribution in [1.29, 1.82) is 0 Å². The van der Waals surface area contributed by atoms with Crippen LogP contribution in [0.1, 0.15) is 23.4 Å². The van der Waals surface area contributed by atoms with Crippen LogP contribution < -0.4 is 11.1 Å². The van der Waals surface area contributed by atoms with Crippen LogP contribution >= 0.6 is 0 Å². The van der Waals surface area contributed by atoms with Gasteiger partial charge in [0.25, 0.3) is 0 Å². The molecule has 3 aromatic rings. The number of nitrogens with zero attached hydrogens (tertiary/aromatic N) is 6. The molecule has 3 N–H and O–H groups in total. The summed E-state index contributed by atoms with van der Waals surface area (Å²) in [6.45, 7) is 6.39. The molecule has 6 rings (SSSR count). The van der Waals surface area contributed by atoms with Crippen molar-refractivity contribution < 1.29 is 8.78 Å². The summed E-state index contributed by atoms with van der Waals surface area (Å²) in [6.07, 6.45) is 4.50. The Bertz CT molecular complexity index is 1350. The fourth-order valence-corrected chi connectivity index (χ4v) is 6.12. The zero-order valence-corrected chi connectivity index (χ0v) is 21.0. The Kier molecular flexibility index (Phi) is 6.37. The van der Waals surface area contributed by atoms with Crippen molar-refractivity contribution in [3.63, 3.8) is 0 Å². The highest BCUT2D eigenvalue weighted by atomic mass is 19.1. The summed E-state index contributed by atoms with van der Waals surface area (Å²) in [5.74, 6) is 1.84. The maximum Gasteiger partial charge on any atom is 0.164 e. The van der Waals surface area contributed by atoms with Gasteiger partial charge in [-0.3, -0.25) is 9.89 Å². The predicted octanol–water partition coefficient (Wildman–Crippen LogP) is 3.14. The number of aliphatic imine (C=N–C) groups is 1. The number of fused-ring (bicyclic) bond motifs is 4. The first-order valence-electron chi connectivity index (χ1n) is 12.9. The number of allylic oxidation sites excluding steroid dienone is 1. The summed E-state index contributed by atoms with van der Waals surface area (Å²) in [4.78, 5) is 18.2. The lowest BCUT2D eigenvalue weighted by atomic mass is 10.0. The molecule has 2 saturated heterocycles. The summed E-state index contributed by atoms with van der Waals surface area (Å²) in [6, 6.07) is 6.97. The number of halogens is 2. The van der Waals surface area contributed by atoms with Crippen LogP contribution in [0.2, 0.25) is 0 Å². The Morgan fingerprint density at radius 1 is 1.22 bits per heavy atom. The number of likely N-dealkylation sites (tertiary alicyclic amines) is 2. The van der Waals surface area contributed by atoms with Gasteiger partial charge in [0.15, 0.2) is 11.6 Å². The molecule has 37 heavy (non-hydrogen) atoms. The van der Waals surface area contributed by atoms with Crippen LogP contribution in [0.15, 0.2) is 47.5 Å². The van der Waals surface area contributed by atoms with E-state index in [1.807, 2.05) is 16.8 Å². The zero-order valence-electron chi connectivity index (χ0n) is 21.0. The molecule has 10 heteroatoms. The molecule has 0 bridgehead atoms. The van der Waals surface area contributed by atoms with E-state index in [0.29, 0.717) is 22.4 Å². The van der Waals surface area contributed by atoms with Gasteiger partial charge < -0.3 is 20.5 Å². The Hall–Kier alpha value is -3.37. The van der Waals surface area contributed by atoms with Gasteiger partial charge in [0, 0.05) is 63.6 Å². The maximum absolute atomic E-state index is 14.8. The molecule has 1 aromatic carbocycles. The molecule has 3 aliphatic heterocycles. The third-order valence-corrected chi connectivity index (χ3v) is 7.79. The molecule has 0 saturated carbocycles. The molecule has 8 nitrogen and oxygen atoms in total. The lowest BCUT2D eigenvalue weighted by molar-refractivity contribution is 0.272. The van der Waals surface area contributed by atoms with Gasteiger partial charge in [-0.1, -0.05) is 6.07 Å². The van der Waals surface area contributed by atoms with Gasteiger partial charge in [-0.05, 0) is 49.1 Å². The van der Waals surface area contributed by atoms with Crippen molar-refractivity contribution in [2.75, 3.05) is 45.2 Å². The van der Waals surface area contributed by atoms with Crippen LogP contribution in [-0.4, -0.2) is 69.9 Å². The Morgan fingerprint density at radius 2 is 2.03 bits per heavy atom. The van der Waals surface area contributed by atoms with Crippen molar-refractivity contribution in [1.82, 2.24) is 24.3 Å². The summed E-state index contributed by atoms with van der Waals surface area (Å²) in [5, 5.41) is 3.11. The smallest absolute Gasteiger partial charge is 0.164 e. The molecule has 2 atom stereocenters. The number of nitrogens with two attached hydrogens (primary N) is 1. The number of imidazole rings is 1. The van der Waals surface area contributed by atoms with Crippen molar-refractivity contribution in [3.05, 3.63) is 65.3 Å². The highest BCUT2D eigenvalue weighted by Gasteiger charge is 2.38. The van der Waals surface area contributed by atoms with Crippen LogP contribution in [0, 0.1) is 17.7 Å². The van der Waals surface area contributed by atoms with E-state index in [2.05, 4.69) is 43.2 Å². The molecular formula is C27H32F2N8. The highest BCUT2D eigenvalue weighted by molar-refractivity contribution is 6.12. The first-order valence-corrected chi connectivity index (χ1v) is 12.9. The largest absolute Gasteiger partial charge is 0.402 e. The monoisotopic (exact) mass is 506 g/mol. The van der Waals surface area contributed by atoms with Gasteiger partial charge in [0.05, 0.1) is 5.52 Å². The van der Waals surface area contributed by atoms with Crippen molar-refractivity contribution in [3.8, 4) is 0 Å². The minimum absolute atomic E-state index is 0.00815. The van der Waals surface area contributed by atoms with Crippen LogP contribution in [0.4, 0.5) is 14.6 Å². The molecule has 5 heterocycles. The van der Waals surface area contributed by atoms with E-state index in [1.54, 1.807) is 6.07 Å². The van der Waals surface area contributed by atoms with Gasteiger partial charge >= 0.3 is 0 Å². The van der Waals surface area contributed by atoms with E-state index in [9.17, 15) is 8.78 Å². The summed E-state index contributed by atoms with van der Waals surface area (Å²) >= 11 is 0. The molecule has 0 radical (unpaired) electrons. The minimum Gasteiger partial charge on any atom is -0.402 e. The number of anilines is 1. The molecule has 3 aliphatic rings. The number of benzene rings is 1. The first kappa shape index (κ1) is 24.0. The molecule has 0 amide bonds. The third-order valence-electron chi connectivity index (χ3n) is 7.79. The van der Waals surface area contributed by atoms with E-state index >= 15 is 0 Å². The zero-order chi connectivity index (χ0) is 25.5. The number of rotatable bonds is 7. The van der Waals surface area contributed by atoms with E-state index < -0.39 is 11.6 Å². The minimum atomic E-state index is -0.716.